The Kier molecular flexibility index (Phi) is 5.20. The molecule has 1 aliphatic carbocycles. The Morgan fingerprint density at radius 3 is 2.57 bits per heavy atom. The van der Waals surface area contributed by atoms with Crippen molar-refractivity contribution in [2.24, 2.45) is 11.8 Å². The number of hydrogen-bond acceptors (Lipinski definition) is 3. The van der Waals surface area contributed by atoms with Gasteiger partial charge in [0, 0.05) is 0 Å². The van der Waals surface area contributed by atoms with Crippen molar-refractivity contribution >= 4 is 17.6 Å². The summed E-state index contributed by atoms with van der Waals surface area (Å²) < 4.78 is 5.47. The molecule has 114 valence electrons. The lowest BCUT2D eigenvalue weighted by atomic mass is 9.78. The second-order valence-corrected chi connectivity index (χ2v) is 5.25. The van der Waals surface area contributed by atoms with E-state index in [4.69, 9.17) is 4.74 Å². The Morgan fingerprint density at radius 1 is 1.24 bits per heavy atom. The summed E-state index contributed by atoms with van der Waals surface area (Å²) in [5.41, 5.74) is 0.596. The van der Waals surface area contributed by atoms with Crippen LogP contribution in [0.15, 0.2) is 24.3 Å². The number of benzene rings is 1. The number of nitrogens with one attached hydrogen (secondary N) is 1. The monoisotopic (exact) mass is 291 g/mol. The molecule has 0 saturated heterocycles. The fraction of sp³-hybridized carbons (Fsp3) is 0.500. The summed E-state index contributed by atoms with van der Waals surface area (Å²) in [5, 5.41) is 12.1. The van der Waals surface area contributed by atoms with Gasteiger partial charge >= 0.3 is 5.97 Å². The molecule has 2 N–H and O–H groups in total. The van der Waals surface area contributed by atoms with Gasteiger partial charge in [-0.05, 0) is 31.9 Å². The first-order chi connectivity index (χ1) is 10.1. The first-order valence-electron chi connectivity index (χ1n) is 7.39. The standard InChI is InChI=1S/C16H21NO4/c1-2-21-14-10-6-5-9-13(14)17-15(18)11-7-3-4-8-12(11)16(19)20/h5-6,9-12H,2-4,7-8H2,1H3,(H,17,18)(H,19,20). The smallest absolute Gasteiger partial charge is 0.307 e. The quantitative estimate of drug-likeness (QED) is 0.874. The molecule has 1 aliphatic rings. The van der Waals surface area contributed by atoms with Crippen LogP contribution in [0.4, 0.5) is 5.69 Å². The number of anilines is 1. The normalized spacial score (nSPS) is 21.6. The van der Waals surface area contributed by atoms with Gasteiger partial charge < -0.3 is 15.2 Å². The molecule has 1 saturated carbocycles. The topological polar surface area (TPSA) is 75.6 Å². The molecule has 21 heavy (non-hydrogen) atoms. The highest BCUT2D eigenvalue weighted by Gasteiger charge is 2.35. The molecule has 0 aromatic heterocycles. The third kappa shape index (κ3) is 3.74. The summed E-state index contributed by atoms with van der Waals surface area (Å²) in [7, 11) is 0. The lowest BCUT2D eigenvalue weighted by molar-refractivity contribution is -0.147. The summed E-state index contributed by atoms with van der Waals surface area (Å²) in [4.78, 5) is 23.7. The predicted molar refractivity (Wildman–Crippen MR) is 79.3 cm³/mol. The van der Waals surface area contributed by atoms with Crippen molar-refractivity contribution in [3.05, 3.63) is 24.3 Å². The number of amides is 1. The van der Waals surface area contributed by atoms with E-state index in [1.165, 1.54) is 0 Å². The molecule has 2 atom stereocenters. The van der Waals surface area contributed by atoms with Gasteiger partial charge in [-0.1, -0.05) is 25.0 Å². The SMILES string of the molecule is CCOc1ccccc1NC(=O)C1CCCCC1C(=O)O. The molecule has 0 spiro atoms. The Labute approximate surface area is 124 Å². The van der Waals surface area contributed by atoms with Crippen LogP contribution in [-0.2, 0) is 9.59 Å². The van der Waals surface area contributed by atoms with Gasteiger partial charge in [0.1, 0.15) is 5.75 Å². The average Bonchev–Trinajstić information content (AvgIpc) is 2.49. The average molecular weight is 291 g/mol. The van der Waals surface area contributed by atoms with Gasteiger partial charge in [0.05, 0.1) is 24.1 Å². The Morgan fingerprint density at radius 2 is 1.90 bits per heavy atom. The summed E-state index contributed by atoms with van der Waals surface area (Å²) in [6.07, 6.45) is 2.96. The minimum Gasteiger partial charge on any atom is -0.492 e. The van der Waals surface area contributed by atoms with Crippen molar-refractivity contribution in [1.82, 2.24) is 0 Å². The zero-order valence-electron chi connectivity index (χ0n) is 12.2. The number of rotatable bonds is 5. The van der Waals surface area contributed by atoms with Gasteiger partial charge in [0.25, 0.3) is 0 Å². The molecule has 0 heterocycles. The van der Waals surface area contributed by atoms with E-state index >= 15 is 0 Å². The maximum Gasteiger partial charge on any atom is 0.307 e. The molecule has 5 nitrogen and oxygen atoms in total. The third-order valence-corrected chi connectivity index (χ3v) is 3.86. The first-order valence-corrected chi connectivity index (χ1v) is 7.39. The van der Waals surface area contributed by atoms with Crippen LogP contribution in [0, 0.1) is 11.8 Å². The van der Waals surface area contributed by atoms with E-state index in [2.05, 4.69) is 5.32 Å². The Hall–Kier alpha value is -2.04. The molecule has 0 bridgehead atoms. The van der Waals surface area contributed by atoms with Gasteiger partial charge in [-0.3, -0.25) is 9.59 Å². The first kappa shape index (κ1) is 15.4. The van der Waals surface area contributed by atoms with E-state index in [1.54, 1.807) is 12.1 Å². The van der Waals surface area contributed by atoms with Crippen LogP contribution in [0.5, 0.6) is 5.75 Å². The molecule has 1 aromatic rings. The number of carbonyl (C=O) groups excluding carboxylic acids is 1. The van der Waals surface area contributed by atoms with Crippen molar-refractivity contribution in [2.75, 3.05) is 11.9 Å². The molecule has 0 aliphatic heterocycles. The summed E-state index contributed by atoms with van der Waals surface area (Å²) in [6.45, 7) is 2.38. The molecular formula is C16H21NO4. The zero-order chi connectivity index (χ0) is 15.2. The van der Waals surface area contributed by atoms with Gasteiger partial charge in [-0.15, -0.1) is 0 Å². The second kappa shape index (κ2) is 7.11. The molecule has 2 rings (SSSR count). The molecule has 1 fully saturated rings. The highest BCUT2D eigenvalue weighted by molar-refractivity contribution is 5.96. The number of carbonyl (C=O) groups is 2. The van der Waals surface area contributed by atoms with Crippen LogP contribution in [0.25, 0.3) is 0 Å². The van der Waals surface area contributed by atoms with Crippen molar-refractivity contribution in [3.8, 4) is 5.75 Å². The summed E-state index contributed by atoms with van der Waals surface area (Å²) >= 11 is 0. The molecule has 5 heteroatoms. The van der Waals surface area contributed by atoms with Crippen molar-refractivity contribution < 1.29 is 19.4 Å². The van der Waals surface area contributed by atoms with E-state index < -0.39 is 17.8 Å². The number of carboxylic acids is 1. The fourth-order valence-electron chi connectivity index (χ4n) is 2.82. The van der Waals surface area contributed by atoms with E-state index in [-0.39, 0.29) is 5.91 Å². The van der Waals surface area contributed by atoms with Crippen molar-refractivity contribution in [3.63, 3.8) is 0 Å². The molecule has 2 unspecified atom stereocenters. The zero-order valence-corrected chi connectivity index (χ0v) is 12.2. The summed E-state index contributed by atoms with van der Waals surface area (Å²) in [6, 6.07) is 7.20. The highest BCUT2D eigenvalue weighted by Crippen LogP contribution is 2.32. The van der Waals surface area contributed by atoms with Crippen LogP contribution >= 0.6 is 0 Å². The van der Waals surface area contributed by atoms with Crippen LogP contribution in [0.2, 0.25) is 0 Å². The number of ether oxygens (including phenoxy) is 1. The molecule has 0 radical (unpaired) electrons. The highest BCUT2D eigenvalue weighted by atomic mass is 16.5. The maximum atomic E-state index is 12.4. The van der Waals surface area contributed by atoms with Gasteiger partial charge in [-0.25, -0.2) is 0 Å². The molecule has 1 aromatic carbocycles. The summed E-state index contributed by atoms with van der Waals surface area (Å²) in [5.74, 6) is -1.55. The van der Waals surface area contributed by atoms with E-state index in [0.29, 0.717) is 30.9 Å². The lowest BCUT2D eigenvalue weighted by Crippen LogP contribution is -2.36. The molecule has 1 amide bonds. The number of para-hydroxylation sites is 2. The van der Waals surface area contributed by atoms with Gasteiger partial charge in [-0.2, -0.15) is 0 Å². The Bertz CT molecular complexity index is 515. The Balaban J connectivity index is 2.11. The van der Waals surface area contributed by atoms with E-state index in [0.717, 1.165) is 12.8 Å². The van der Waals surface area contributed by atoms with Gasteiger partial charge in [0.2, 0.25) is 5.91 Å². The largest absolute Gasteiger partial charge is 0.492 e. The maximum absolute atomic E-state index is 12.4. The third-order valence-electron chi connectivity index (χ3n) is 3.86. The lowest BCUT2D eigenvalue weighted by Gasteiger charge is -2.27. The van der Waals surface area contributed by atoms with Crippen LogP contribution < -0.4 is 10.1 Å². The van der Waals surface area contributed by atoms with E-state index in [1.807, 2.05) is 19.1 Å². The fourth-order valence-corrected chi connectivity index (χ4v) is 2.82. The van der Waals surface area contributed by atoms with Crippen molar-refractivity contribution in [2.45, 2.75) is 32.6 Å². The van der Waals surface area contributed by atoms with Crippen LogP contribution in [-0.4, -0.2) is 23.6 Å². The van der Waals surface area contributed by atoms with Crippen LogP contribution in [0.1, 0.15) is 32.6 Å². The number of hydrogen-bond donors (Lipinski definition) is 2. The second-order valence-electron chi connectivity index (χ2n) is 5.25. The van der Waals surface area contributed by atoms with Gasteiger partial charge in [0.15, 0.2) is 0 Å². The number of carboxylic acid groups (broad SMARTS) is 1. The minimum atomic E-state index is -0.882. The number of aliphatic carboxylic acids is 1. The van der Waals surface area contributed by atoms with Crippen molar-refractivity contribution in [1.29, 1.82) is 0 Å². The minimum absolute atomic E-state index is 0.228. The van der Waals surface area contributed by atoms with E-state index in [9.17, 15) is 14.7 Å². The molecular weight excluding hydrogens is 270 g/mol. The predicted octanol–water partition coefficient (Wildman–Crippen LogP) is 2.91. The van der Waals surface area contributed by atoms with Crippen LogP contribution in [0.3, 0.4) is 0 Å².